The third-order valence-corrected chi connectivity index (χ3v) is 5.53. The molecule has 0 saturated carbocycles. The number of aromatic nitrogens is 1. The van der Waals surface area contributed by atoms with Crippen molar-refractivity contribution in [2.24, 2.45) is 5.73 Å². The molecule has 1 saturated heterocycles. The number of nitrogens with zero attached hydrogens (tertiary/aromatic N) is 2. The van der Waals surface area contributed by atoms with Gasteiger partial charge in [0.05, 0.1) is 0 Å². The van der Waals surface area contributed by atoms with Gasteiger partial charge < -0.3 is 11.1 Å². The maximum atomic E-state index is 5.65. The van der Waals surface area contributed by atoms with E-state index in [2.05, 4.69) is 38.9 Å². The van der Waals surface area contributed by atoms with Crippen LogP contribution in [0.4, 0.5) is 0 Å². The third-order valence-electron chi connectivity index (χ3n) is 4.35. The standard InChI is InChI=1S/C18H26N4S/c19-8-2-1-4-17-14-20-9-3-11-22(17)23-18-6-5-16-13-21-10-7-15(16)12-18/h5-7,10,12-13,17,20H,1-4,8-9,11,14,19H2. The van der Waals surface area contributed by atoms with Crippen LogP contribution in [-0.2, 0) is 0 Å². The zero-order valence-corrected chi connectivity index (χ0v) is 14.4. The molecule has 1 fully saturated rings. The molecular weight excluding hydrogens is 304 g/mol. The van der Waals surface area contributed by atoms with Gasteiger partial charge in [0, 0.05) is 41.8 Å². The molecule has 2 aromatic rings. The van der Waals surface area contributed by atoms with Crippen molar-refractivity contribution < 1.29 is 0 Å². The Hall–Kier alpha value is -1.14. The Bertz CT molecular complexity index is 619. The number of unbranched alkanes of at least 4 members (excludes halogenated alkanes) is 1. The highest BCUT2D eigenvalue weighted by atomic mass is 32.2. The van der Waals surface area contributed by atoms with Crippen molar-refractivity contribution in [1.82, 2.24) is 14.6 Å². The topological polar surface area (TPSA) is 54.2 Å². The van der Waals surface area contributed by atoms with Gasteiger partial charge in [0.2, 0.25) is 0 Å². The van der Waals surface area contributed by atoms with Gasteiger partial charge in [-0.15, -0.1) is 0 Å². The highest BCUT2D eigenvalue weighted by Crippen LogP contribution is 2.29. The van der Waals surface area contributed by atoms with Crippen LogP contribution in [0.1, 0.15) is 25.7 Å². The van der Waals surface area contributed by atoms with Crippen LogP contribution in [0.15, 0.2) is 41.6 Å². The largest absolute Gasteiger partial charge is 0.330 e. The highest BCUT2D eigenvalue weighted by molar-refractivity contribution is 7.97. The predicted octanol–water partition coefficient (Wildman–Crippen LogP) is 3.03. The van der Waals surface area contributed by atoms with Gasteiger partial charge in [-0.25, -0.2) is 4.31 Å². The van der Waals surface area contributed by atoms with Crippen molar-refractivity contribution in [2.45, 2.75) is 36.6 Å². The smallest absolute Gasteiger partial charge is 0.0346 e. The second kappa shape index (κ2) is 8.64. The second-order valence-electron chi connectivity index (χ2n) is 6.11. The Balaban J connectivity index is 1.70. The van der Waals surface area contributed by atoms with E-state index in [-0.39, 0.29) is 0 Å². The Kier molecular flexibility index (Phi) is 6.28. The molecule has 124 valence electrons. The van der Waals surface area contributed by atoms with Crippen molar-refractivity contribution in [3.05, 3.63) is 36.7 Å². The van der Waals surface area contributed by atoms with Crippen molar-refractivity contribution in [3.63, 3.8) is 0 Å². The zero-order valence-electron chi connectivity index (χ0n) is 13.6. The molecule has 3 rings (SSSR count). The quantitative estimate of drug-likeness (QED) is 0.630. The van der Waals surface area contributed by atoms with E-state index in [1.54, 1.807) is 0 Å². The summed E-state index contributed by atoms with van der Waals surface area (Å²) in [6.45, 7) is 4.13. The molecule has 0 radical (unpaired) electrons. The lowest BCUT2D eigenvalue weighted by Crippen LogP contribution is -2.35. The minimum Gasteiger partial charge on any atom is -0.330 e. The number of nitrogens with two attached hydrogens (primary N) is 1. The molecule has 1 atom stereocenters. The number of pyridine rings is 1. The van der Waals surface area contributed by atoms with Crippen LogP contribution in [0, 0.1) is 0 Å². The second-order valence-corrected chi connectivity index (χ2v) is 7.24. The van der Waals surface area contributed by atoms with Crippen LogP contribution in [0.5, 0.6) is 0 Å². The van der Waals surface area contributed by atoms with Crippen LogP contribution in [0.2, 0.25) is 0 Å². The molecule has 0 amide bonds. The Labute approximate surface area is 143 Å². The number of hydrogen-bond donors (Lipinski definition) is 2. The Morgan fingerprint density at radius 3 is 3.13 bits per heavy atom. The zero-order chi connectivity index (χ0) is 15.9. The molecule has 1 aliphatic heterocycles. The molecule has 1 unspecified atom stereocenters. The molecule has 3 N–H and O–H groups in total. The molecule has 5 heteroatoms. The minimum absolute atomic E-state index is 0.585. The highest BCUT2D eigenvalue weighted by Gasteiger charge is 2.21. The summed E-state index contributed by atoms with van der Waals surface area (Å²) < 4.78 is 2.57. The number of fused-ring (bicyclic) bond motifs is 1. The average Bonchev–Trinajstić information content (AvgIpc) is 2.80. The summed E-state index contributed by atoms with van der Waals surface area (Å²) >= 11 is 1.90. The molecule has 0 spiro atoms. The first-order valence-electron chi connectivity index (χ1n) is 8.56. The van der Waals surface area contributed by atoms with E-state index in [1.165, 1.54) is 34.9 Å². The van der Waals surface area contributed by atoms with Crippen molar-refractivity contribution in [1.29, 1.82) is 0 Å². The van der Waals surface area contributed by atoms with E-state index in [4.69, 9.17) is 5.73 Å². The van der Waals surface area contributed by atoms with Crippen molar-refractivity contribution in [2.75, 3.05) is 26.2 Å². The molecule has 0 bridgehead atoms. The summed E-state index contributed by atoms with van der Waals surface area (Å²) in [5.74, 6) is 0. The molecule has 4 nitrogen and oxygen atoms in total. The van der Waals surface area contributed by atoms with Crippen LogP contribution < -0.4 is 11.1 Å². The van der Waals surface area contributed by atoms with Crippen LogP contribution in [0.3, 0.4) is 0 Å². The summed E-state index contributed by atoms with van der Waals surface area (Å²) in [6.07, 6.45) is 8.55. The molecule has 2 heterocycles. The first-order chi connectivity index (χ1) is 11.4. The van der Waals surface area contributed by atoms with E-state index < -0.39 is 0 Å². The van der Waals surface area contributed by atoms with Gasteiger partial charge >= 0.3 is 0 Å². The number of rotatable bonds is 6. The molecular formula is C18H26N4S. The van der Waals surface area contributed by atoms with Gasteiger partial charge in [-0.05, 0) is 67.9 Å². The molecule has 1 aliphatic rings. The first-order valence-corrected chi connectivity index (χ1v) is 9.33. The first kappa shape index (κ1) is 16.7. The van der Waals surface area contributed by atoms with Crippen LogP contribution in [0.25, 0.3) is 10.8 Å². The minimum atomic E-state index is 0.585. The molecule has 23 heavy (non-hydrogen) atoms. The summed E-state index contributed by atoms with van der Waals surface area (Å²) in [5.41, 5.74) is 5.65. The number of nitrogens with one attached hydrogen (secondary N) is 1. The lowest BCUT2D eigenvalue weighted by molar-refractivity contribution is 0.342. The predicted molar refractivity (Wildman–Crippen MR) is 98.5 cm³/mol. The molecule has 1 aromatic carbocycles. The number of hydrogen-bond acceptors (Lipinski definition) is 5. The lowest BCUT2D eigenvalue weighted by Gasteiger charge is -2.28. The monoisotopic (exact) mass is 330 g/mol. The SMILES string of the molecule is NCCCCC1CNCCCN1Sc1ccc2cnccc2c1. The maximum Gasteiger partial charge on any atom is 0.0346 e. The maximum absolute atomic E-state index is 5.65. The Morgan fingerprint density at radius 1 is 1.26 bits per heavy atom. The van der Waals surface area contributed by atoms with E-state index in [0.29, 0.717) is 6.04 Å². The van der Waals surface area contributed by atoms with Crippen molar-refractivity contribution >= 4 is 22.7 Å². The van der Waals surface area contributed by atoms with Gasteiger partial charge in [0.25, 0.3) is 0 Å². The lowest BCUT2D eigenvalue weighted by atomic mass is 10.1. The molecule has 1 aromatic heterocycles. The van der Waals surface area contributed by atoms with Crippen LogP contribution >= 0.6 is 11.9 Å². The van der Waals surface area contributed by atoms with Gasteiger partial charge in [0.15, 0.2) is 0 Å². The fourth-order valence-corrected chi connectivity index (χ4v) is 4.19. The van der Waals surface area contributed by atoms with Crippen LogP contribution in [-0.4, -0.2) is 41.5 Å². The van der Waals surface area contributed by atoms with Crippen molar-refractivity contribution in [3.8, 4) is 0 Å². The van der Waals surface area contributed by atoms with Gasteiger partial charge in [-0.3, -0.25) is 4.98 Å². The fraction of sp³-hybridized carbons (Fsp3) is 0.500. The number of benzene rings is 1. The average molecular weight is 331 g/mol. The summed E-state index contributed by atoms with van der Waals surface area (Å²) in [7, 11) is 0. The van der Waals surface area contributed by atoms with Gasteiger partial charge in [0.1, 0.15) is 0 Å². The van der Waals surface area contributed by atoms with E-state index in [0.717, 1.165) is 32.6 Å². The van der Waals surface area contributed by atoms with E-state index in [9.17, 15) is 0 Å². The van der Waals surface area contributed by atoms with Gasteiger partial charge in [-0.2, -0.15) is 0 Å². The normalized spacial score (nSPS) is 19.8. The van der Waals surface area contributed by atoms with Gasteiger partial charge in [-0.1, -0.05) is 12.5 Å². The fourth-order valence-electron chi connectivity index (χ4n) is 3.06. The summed E-state index contributed by atoms with van der Waals surface area (Å²) in [6, 6.07) is 9.33. The Morgan fingerprint density at radius 2 is 2.22 bits per heavy atom. The molecule has 0 aliphatic carbocycles. The summed E-state index contributed by atoms with van der Waals surface area (Å²) in [5, 5.41) is 6.04. The van der Waals surface area contributed by atoms with E-state index in [1.807, 2.05) is 24.3 Å². The third kappa shape index (κ3) is 4.67. The van der Waals surface area contributed by atoms with E-state index >= 15 is 0 Å². The summed E-state index contributed by atoms with van der Waals surface area (Å²) in [4.78, 5) is 5.50.